The van der Waals surface area contributed by atoms with Crippen molar-refractivity contribution < 1.29 is 4.42 Å². The molecule has 3 aromatic carbocycles. The Morgan fingerprint density at radius 3 is 2.39 bits per heavy atom. The van der Waals surface area contributed by atoms with Crippen molar-refractivity contribution >= 4 is 21.9 Å². The molecule has 0 radical (unpaired) electrons. The first-order chi connectivity index (χ1) is 11.0. The molecule has 0 bridgehead atoms. The summed E-state index contributed by atoms with van der Waals surface area (Å²) < 4.78 is 6.21. The van der Waals surface area contributed by atoms with Crippen LogP contribution in [0.3, 0.4) is 0 Å². The molecule has 0 aliphatic rings. The summed E-state index contributed by atoms with van der Waals surface area (Å²) in [6, 6.07) is 20.8. The smallest absolute Gasteiger partial charge is 0.227 e. The predicted octanol–water partition coefficient (Wildman–Crippen LogP) is 5.95. The van der Waals surface area contributed by atoms with Gasteiger partial charge in [0.15, 0.2) is 5.58 Å². The maximum atomic E-state index is 6.21. The summed E-state index contributed by atoms with van der Waals surface area (Å²) in [5, 5.41) is 2.36. The molecular weight excluding hydrogens is 282 g/mol. The molecule has 0 spiro atoms. The van der Waals surface area contributed by atoms with Crippen molar-refractivity contribution in [3.63, 3.8) is 0 Å². The van der Waals surface area contributed by atoms with E-state index in [2.05, 4.69) is 75.4 Å². The van der Waals surface area contributed by atoms with Crippen LogP contribution >= 0.6 is 0 Å². The molecule has 0 fully saturated rings. The standard InChI is InChI=1S/C21H19NO/c1-21(2,3)17-12-7-13-18-19(17)23-20(22-18)16-11-6-9-14-8-4-5-10-15(14)16/h4-13H,1-3H3. The van der Waals surface area contributed by atoms with Crippen LogP contribution in [0.2, 0.25) is 0 Å². The van der Waals surface area contributed by atoms with E-state index in [4.69, 9.17) is 9.40 Å². The number of aromatic nitrogens is 1. The molecule has 0 N–H and O–H groups in total. The molecule has 4 aromatic rings. The SMILES string of the molecule is CC(C)(C)c1cccc2nc(-c3cccc4ccccc34)oc12. The van der Waals surface area contributed by atoms with Crippen LogP contribution < -0.4 is 0 Å². The molecular formula is C21H19NO. The Kier molecular flexibility index (Phi) is 3.02. The van der Waals surface area contributed by atoms with Crippen molar-refractivity contribution in [2.75, 3.05) is 0 Å². The van der Waals surface area contributed by atoms with Gasteiger partial charge < -0.3 is 4.42 Å². The Morgan fingerprint density at radius 2 is 1.57 bits per heavy atom. The molecule has 2 nitrogen and oxygen atoms in total. The fraction of sp³-hybridized carbons (Fsp3) is 0.190. The van der Waals surface area contributed by atoms with Crippen LogP contribution in [-0.4, -0.2) is 4.98 Å². The zero-order valence-electron chi connectivity index (χ0n) is 13.6. The van der Waals surface area contributed by atoms with E-state index in [-0.39, 0.29) is 5.41 Å². The molecule has 0 amide bonds. The maximum Gasteiger partial charge on any atom is 0.227 e. The minimum Gasteiger partial charge on any atom is -0.436 e. The number of rotatable bonds is 1. The van der Waals surface area contributed by atoms with Crippen LogP contribution in [0.15, 0.2) is 65.1 Å². The van der Waals surface area contributed by atoms with E-state index >= 15 is 0 Å². The maximum absolute atomic E-state index is 6.21. The third-order valence-electron chi connectivity index (χ3n) is 4.24. The highest BCUT2D eigenvalue weighted by Crippen LogP contribution is 2.35. The normalized spacial score (nSPS) is 12.1. The van der Waals surface area contributed by atoms with Gasteiger partial charge in [0.25, 0.3) is 0 Å². The van der Waals surface area contributed by atoms with Gasteiger partial charge in [-0.25, -0.2) is 4.98 Å². The van der Waals surface area contributed by atoms with Crippen molar-refractivity contribution in [2.45, 2.75) is 26.2 Å². The summed E-state index contributed by atoms with van der Waals surface area (Å²) >= 11 is 0. The van der Waals surface area contributed by atoms with Gasteiger partial charge in [-0.15, -0.1) is 0 Å². The largest absolute Gasteiger partial charge is 0.436 e. The summed E-state index contributed by atoms with van der Waals surface area (Å²) in [4.78, 5) is 4.74. The van der Waals surface area contributed by atoms with Gasteiger partial charge in [-0.1, -0.05) is 69.3 Å². The van der Waals surface area contributed by atoms with E-state index in [0.717, 1.165) is 16.7 Å². The first-order valence-corrected chi connectivity index (χ1v) is 7.92. The summed E-state index contributed by atoms with van der Waals surface area (Å²) in [6.45, 7) is 6.59. The van der Waals surface area contributed by atoms with Crippen LogP contribution in [-0.2, 0) is 5.41 Å². The Labute approximate surface area is 135 Å². The van der Waals surface area contributed by atoms with E-state index in [1.807, 2.05) is 6.07 Å². The van der Waals surface area contributed by atoms with Crippen molar-refractivity contribution in [3.8, 4) is 11.5 Å². The number of hydrogen-bond donors (Lipinski definition) is 0. The second-order valence-corrected chi connectivity index (χ2v) is 6.95. The third-order valence-corrected chi connectivity index (χ3v) is 4.24. The monoisotopic (exact) mass is 301 g/mol. The fourth-order valence-corrected chi connectivity index (χ4v) is 3.07. The lowest BCUT2D eigenvalue weighted by Gasteiger charge is -2.18. The molecule has 0 saturated heterocycles. The van der Waals surface area contributed by atoms with E-state index in [1.165, 1.54) is 16.3 Å². The van der Waals surface area contributed by atoms with E-state index in [0.29, 0.717) is 5.89 Å². The van der Waals surface area contributed by atoms with Crippen LogP contribution in [0.25, 0.3) is 33.3 Å². The quantitative estimate of drug-likeness (QED) is 0.434. The van der Waals surface area contributed by atoms with Crippen molar-refractivity contribution in [3.05, 3.63) is 66.2 Å². The first kappa shape index (κ1) is 14.0. The highest BCUT2D eigenvalue weighted by molar-refractivity contribution is 5.95. The number of fused-ring (bicyclic) bond motifs is 2. The lowest BCUT2D eigenvalue weighted by molar-refractivity contribution is 0.562. The van der Waals surface area contributed by atoms with Gasteiger partial charge in [0, 0.05) is 11.1 Å². The second-order valence-electron chi connectivity index (χ2n) is 6.95. The Morgan fingerprint density at radius 1 is 0.826 bits per heavy atom. The summed E-state index contributed by atoms with van der Waals surface area (Å²) in [5.41, 5.74) is 4.06. The Bertz CT molecular complexity index is 1000. The first-order valence-electron chi connectivity index (χ1n) is 7.92. The van der Waals surface area contributed by atoms with Crippen LogP contribution in [0.1, 0.15) is 26.3 Å². The van der Waals surface area contributed by atoms with Crippen molar-refractivity contribution in [1.29, 1.82) is 0 Å². The topological polar surface area (TPSA) is 26.0 Å². The second kappa shape index (κ2) is 4.95. The lowest BCUT2D eigenvalue weighted by atomic mass is 9.86. The van der Waals surface area contributed by atoms with Crippen molar-refractivity contribution in [2.24, 2.45) is 0 Å². The average Bonchev–Trinajstić information content (AvgIpc) is 2.97. The van der Waals surface area contributed by atoms with Gasteiger partial charge in [0.05, 0.1) is 0 Å². The molecule has 0 aliphatic heterocycles. The molecule has 0 aliphatic carbocycles. The van der Waals surface area contributed by atoms with Gasteiger partial charge in [-0.2, -0.15) is 0 Å². The molecule has 0 unspecified atom stereocenters. The number of nitrogens with zero attached hydrogens (tertiary/aromatic N) is 1. The molecule has 23 heavy (non-hydrogen) atoms. The average molecular weight is 301 g/mol. The molecule has 1 heterocycles. The minimum absolute atomic E-state index is 0.0229. The van der Waals surface area contributed by atoms with Gasteiger partial charge in [0.2, 0.25) is 5.89 Å². The molecule has 4 rings (SSSR count). The van der Waals surface area contributed by atoms with Gasteiger partial charge in [0.1, 0.15) is 5.52 Å². The van der Waals surface area contributed by atoms with E-state index < -0.39 is 0 Å². The van der Waals surface area contributed by atoms with Gasteiger partial charge in [-0.05, 0) is 28.3 Å². The molecule has 114 valence electrons. The number of hydrogen-bond acceptors (Lipinski definition) is 2. The summed E-state index contributed by atoms with van der Waals surface area (Å²) in [6.07, 6.45) is 0. The fourth-order valence-electron chi connectivity index (χ4n) is 3.07. The number of para-hydroxylation sites is 1. The zero-order valence-corrected chi connectivity index (χ0v) is 13.6. The molecule has 0 atom stereocenters. The Hall–Kier alpha value is -2.61. The zero-order chi connectivity index (χ0) is 16.0. The number of oxazole rings is 1. The number of benzene rings is 3. The minimum atomic E-state index is 0.0229. The highest BCUT2D eigenvalue weighted by atomic mass is 16.3. The van der Waals surface area contributed by atoms with Crippen LogP contribution in [0, 0.1) is 0 Å². The van der Waals surface area contributed by atoms with Gasteiger partial charge in [-0.3, -0.25) is 0 Å². The molecule has 1 aromatic heterocycles. The van der Waals surface area contributed by atoms with Crippen LogP contribution in [0.4, 0.5) is 0 Å². The Balaban J connectivity index is 2.00. The van der Waals surface area contributed by atoms with E-state index in [1.54, 1.807) is 0 Å². The van der Waals surface area contributed by atoms with Crippen LogP contribution in [0.5, 0.6) is 0 Å². The van der Waals surface area contributed by atoms with Gasteiger partial charge >= 0.3 is 0 Å². The predicted molar refractivity (Wildman–Crippen MR) is 95.7 cm³/mol. The molecule has 0 saturated carbocycles. The molecule has 2 heteroatoms. The highest BCUT2D eigenvalue weighted by Gasteiger charge is 2.21. The van der Waals surface area contributed by atoms with E-state index in [9.17, 15) is 0 Å². The summed E-state index contributed by atoms with van der Waals surface area (Å²) in [7, 11) is 0. The third kappa shape index (κ3) is 2.31. The lowest BCUT2D eigenvalue weighted by Crippen LogP contribution is -2.10. The van der Waals surface area contributed by atoms with Crippen molar-refractivity contribution in [1.82, 2.24) is 4.98 Å². The summed E-state index contributed by atoms with van der Waals surface area (Å²) in [5.74, 6) is 0.688.